The SMILES string of the molecule is CC(NN)N1CCNCC(C)(CCC2CNCC(C)(CF)CN2)C1. The Bertz CT molecular complexity index is 384. The highest BCUT2D eigenvalue weighted by molar-refractivity contribution is 4.90. The predicted octanol–water partition coefficient (Wildman–Crippen LogP) is 0.0246. The maximum Gasteiger partial charge on any atom is 0.0972 e. The topological polar surface area (TPSA) is 77.4 Å². The molecule has 142 valence electrons. The lowest BCUT2D eigenvalue weighted by atomic mass is 9.83. The lowest BCUT2D eigenvalue weighted by molar-refractivity contribution is 0.121. The van der Waals surface area contributed by atoms with E-state index in [1.165, 1.54) is 0 Å². The zero-order chi connectivity index (χ0) is 17.6. The number of hydrogen-bond acceptors (Lipinski definition) is 6. The third-order valence-corrected chi connectivity index (χ3v) is 5.68. The fourth-order valence-electron chi connectivity index (χ4n) is 3.74. The monoisotopic (exact) mass is 344 g/mol. The second kappa shape index (κ2) is 8.87. The first-order valence-electron chi connectivity index (χ1n) is 9.31. The molecule has 0 aromatic rings. The summed E-state index contributed by atoms with van der Waals surface area (Å²) >= 11 is 0. The Hall–Kier alpha value is -0.310. The van der Waals surface area contributed by atoms with Crippen molar-refractivity contribution < 1.29 is 4.39 Å². The Labute approximate surface area is 146 Å². The van der Waals surface area contributed by atoms with Gasteiger partial charge in [-0.3, -0.25) is 15.1 Å². The third kappa shape index (κ3) is 5.61. The number of hydrogen-bond donors (Lipinski definition) is 5. The molecule has 0 radical (unpaired) electrons. The summed E-state index contributed by atoms with van der Waals surface area (Å²) in [5.74, 6) is 5.63. The number of nitrogens with one attached hydrogen (secondary N) is 4. The molecule has 0 aromatic carbocycles. The van der Waals surface area contributed by atoms with E-state index in [4.69, 9.17) is 5.84 Å². The van der Waals surface area contributed by atoms with Gasteiger partial charge >= 0.3 is 0 Å². The van der Waals surface area contributed by atoms with Crippen molar-refractivity contribution in [3.8, 4) is 0 Å². The van der Waals surface area contributed by atoms with Crippen LogP contribution in [-0.2, 0) is 0 Å². The minimum absolute atomic E-state index is 0.187. The lowest BCUT2D eigenvalue weighted by Gasteiger charge is -2.36. The standard InChI is InChI=1S/C17H37FN6/c1-14(23-19)24-7-6-20-10-16(2,13-24)5-4-15-8-21-11-17(3,9-18)12-22-15/h14-15,20-23H,4-13,19H2,1-3H3. The molecule has 0 amide bonds. The van der Waals surface area contributed by atoms with E-state index in [0.717, 1.165) is 58.7 Å². The van der Waals surface area contributed by atoms with Crippen molar-refractivity contribution in [2.75, 3.05) is 52.5 Å². The van der Waals surface area contributed by atoms with Gasteiger partial charge in [-0.15, -0.1) is 0 Å². The summed E-state index contributed by atoms with van der Waals surface area (Å²) in [6.45, 7) is 12.7. The summed E-state index contributed by atoms with van der Waals surface area (Å²) in [5, 5.41) is 10.6. The molecule has 0 aliphatic carbocycles. The zero-order valence-electron chi connectivity index (χ0n) is 15.6. The number of nitrogens with zero attached hydrogens (tertiary/aromatic N) is 1. The van der Waals surface area contributed by atoms with Crippen LogP contribution in [-0.4, -0.2) is 69.6 Å². The molecule has 2 aliphatic rings. The number of hydrazine groups is 1. The molecule has 0 saturated carbocycles. The lowest BCUT2D eigenvalue weighted by Crippen LogP contribution is -2.50. The van der Waals surface area contributed by atoms with Gasteiger partial charge in [-0.1, -0.05) is 13.8 Å². The fourth-order valence-corrected chi connectivity index (χ4v) is 3.74. The quantitative estimate of drug-likeness (QED) is 0.346. The van der Waals surface area contributed by atoms with Crippen LogP contribution in [0.25, 0.3) is 0 Å². The van der Waals surface area contributed by atoms with Crippen molar-refractivity contribution in [1.29, 1.82) is 0 Å². The van der Waals surface area contributed by atoms with Gasteiger partial charge in [0.15, 0.2) is 0 Å². The highest BCUT2D eigenvalue weighted by Gasteiger charge is 2.33. The van der Waals surface area contributed by atoms with Crippen LogP contribution in [0.5, 0.6) is 0 Å². The van der Waals surface area contributed by atoms with Gasteiger partial charge in [0.05, 0.1) is 12.8 Å². The van der Waals surface area contributed by atoms with Crippen LogP contribution in [0.15, 0.2) is 0 Å². The Kier molecular flexibility index (Phi) is 7.39. The van der Waals surface area contributed by atoms with Crippen LogP contribution in [0, 0.1) is 10.8 Å². The minimum Gasteiger partial charge on any atom is -0.315 e. The highest BCUT2D eigenvalue weighted by Crippen LogP contribution is 2.27. The second-order valence-corrected chi connectivity index (χ2v) is 8.49. The maximum atomic E-state index is 13.2. The molecular weight excluding hydrogens is 307 g/mol. The number of rotatable bonds is 6. The van der Waals surface area contributed by atoms with Gasteiger partial charge in [-0.2, -0.15) is 0 Å². The first-order chi connectivity index (χ1) is 11.4. The molecule has 6 nitrogen and oxygen atoms in total. The molecule has 4 atom stereocenters. The van der Waals surface area contributed by atoms with Crippen molar-refractivity contribution in [3.63, 3.8) is 0 Å². The molecule has 0 spiro atoms. The first kappa shape index (κ1) is 20.0. The van der Waals surface area contributed by atoms with Crippen molar-refractivity contribution in [2.24, 2.45) is 16.7 Å². The van der Waals surface area contributed by atoms with Gasteiger partial charge in [0.2, 0.25) is 0 Å². The van der Waals surface area contributed by atoms with E-state index < -0.39 is 0 Å². The van der Waals surface area contributed by atoms with Gasteiger partial charge in [0.25, 0.3) is 0 Å². The molecule has 24 heavy (non-hydrogen) atoms. The van der Waals surface area contributed by atoms with Gasteiger partial charge in [-0.25, -0.2) is 5.43 Å². The largest absolute Gasteiger partial charge is 0.315 e. The summed E-state index contributed by atoms with van der Waals surface area (Å²) in [6, 6.07) is 0.414. The van der Waals surface area contributed by atoms with Crippen LogP contribution >= 0.6 is 0 Å². The first-order valence-corrected chi connectivity index (χ1v) is 9.31. The summed E-state index contributed by atoms with van der Waals surface area (Å²) in [6.07, 6.45) is 2.43. The summed E-state index contributed by atoms with van der Waals surface area (Å²) in [5.41, 5.74) is 2.81. The average molecular weight is 345 g/mol. The van der Waals surface area contributed by atoms with E-state index in [2.05, 4.69) is 40.1 Å². The highest BCUT2D eigenvalue weighted by atomic mass is 19.1. The molecule has 4 unspecified atom stereocenters. The average Bonchev–Trinajstić information content (AvgIpc) is 2.89. The zero-order valence-corrected chi connectivity index (χ0v) is 15.6. The van der Waals surface area contributed by atoms with Gasteiger partial charge in [0, 0.05) is 57.3 Å². The normalized spacial score (nSPS) is 37.6. The minimum atomic E-state index is -0.277. The van der Waals surface area contributed by atoms with E-state index in [0.29, 0.717) is 6.04 Å². The van der Waals surface area contributed by atoms with Crippen molar-refractivity contribution in [1.82, 2.24) is 26.3 Å². The van der Waals surface area contributed by atoms with Crippen LogP contribution in [0.2, 0.25) is 0 Å². The number of halogens is 1. The van der Waals surface area contributed by atoms with Gasteiger partial charge in [0.1, 0.15) is 0 Å². The molecule has 2 heterocycles. The molecule has 2 aliphatic heterocycles. The molecule has 7 heteroatoms. The Morgan fingerprint density at radius 3 is 2.71 bits per heavy atom. The Morgan fingerprint density at radius 2 is 2.00 bits per heavy atom. The second-order valence-electron chi connectivity index (χ2n) is 8.49. The number of alkyl halides is 1. The molecule has 2 fully saturated rings. The summed E-state index contributed by atoms with van der Waals surface area (Å²) in [4.78, 5) is 2.42. The molecule has 2 saturated heterocycles. The van der Waals surface area contributed by atoms with E-state index in [1.807, 2.05) is 6.92 Å². The van der Waals surface area contributed by atoms with E-state index >= 15 is 0 Å². The van der Waals surface area contributed by atoms with E-state index in [1.54, 1.807) is 0 Å². The van der Waals surface area contributed by atoms with Crippen molar-refractivity contribution in [2.45, 2.75) is 45.8 Å². The van der Waals surface area contributed by atoms with Crippen LogP contribution in [0.1, 0.15) is 33.6 Å². The molecule has 0 aromatic heterocycles. The van der Waals surface area contributed by atoms with Gasteiger partial charge in [-0.05, 0) is 25.2 Å². The third-order valence-electron chi connectivity index (χ3n) is 5.68. The Balaban J connectivity index is 1.87. The molecule has 0 bridgehead atoms. The fraction of sp³-hybridized carbons (Fsp3) is 1.00. The Morgan fingerprint density at radius 1 is 1.25 bits per heavy atom. The van der Waals surface area contributed by atoms with Crippen LogP contribution in [0.3, 0.4) is 0 Å². The van der Waals surface area contributed by atoms with E-state index in [9.17, 15) is 4.39 Å². The van der Waals surface area contributed by atoms with Crippen LogP contribution < -0.4 is 27.2 Å². The van der Waals surface area contributed by atoms with Gasteiger partial charge < -0.3 is 16.0 Å². The molecular formula is C17H37FN6. The predicted molar refractivity (Wildman–Crippen MR) is 97.3 cm³/mol. The molecule has 6 N–H and O–H groups in total. The smallest absolute Gasteiger partial charge is 0.0972 e. The van der Waals surface area contributed by atoms with Crippen molar-refractivity contribution in [3.05, 3.63) is 0 Å². The van der Waals surface area contributed by atoms with E-state index in [-0.39, 0.29) is 23.7 Å². The maximum absolute atomic E-state index is 13.2. The van der Waals surface area contributed by atoms with Crippen molar-refractivity contribution >= 4 is 0 Å². The summed E-state index contributed by atoms with van der Waals surface area (Å²) < 4.78 is 13.2. The molecule has 2 rings (SSSR count). The summed E-state index contributed by atoms with van der Waals surface area (Å²) in [7, 11) is 0. The number of nitrogens with two attached hydrogens (primary N) is 1. The van der Waals surface area contributed by atoms with Crippen LogP contribution in [0.4, 0.5) is 4.39 Å².